The molecule has 5 rings (SSSR count). The van der Waals surface area contributed by atoms with Crippen LogP contribution in [0.3, 0.4) is 0 Å². The van der Waals surface area contributed by atoms with E-state index in [4.69, 9.17) is 4.52 Å². The topological polar surface area (TPSA) is 101 Å². The summed E-state index contributed by atoms with van der Waals surface area (Å²) in [6.07, 6.45) is -1.40. The number of aromatic nitrogens is 3. The van der Waals surface area contributed by atoms with Gasteiger partial charge in [-0.3, -0.25) is 9.59 Å². The van der Waals surface area contributed by atoms with Crippen molar-refractivity contribution in [2.75, 3.05) is 19.4 Å². The fraction of sp³-hybridized carbons (Fsp3) is 0.300. The number of nitrogens with one attached hydrogen (secondary N) is 1. The maximum atomic E-state index is 14.9. The Morgan fingerprint density at radius 1 is 1.00 bits per heavy atom. The maximum Gasteiger partial charge on any atom is 0.401 e. The lowest BCUT2D eigenvalue weighted by molar-refractivity contribution is -0.165. The van der Waals surface area contributed by atoms with Crippen molar-refractivity contribution in [3.63, 3.8) is 0 Å². The van der Waals surface area contributed by atoms with Crippen LogP contribution in [0.5, 0.6) is 0 Å². The Labute approximate surface area is 238 Å². The van der Waals surface area contributed by atoms with Crippen molar-refractivity contribution in [3.05, 3.63) is 94.5 Å². The predicted octanol–water partition coefficient (Wildman–Crippen LogP) is 5.65. The van der Waals surface area contributed by atoms with Gasteiger partial charge in [-0.05, 0) is 60.2 Å². The molecule has 2 aromatic heterocycles. The van der Waals surface area contributed by atoms with Crippen LogP contribution in [-0.4, -0.2) is 52.1 Å². The molecule has 2 heterocycles. The van der Waals surface area contributed by atoms with Crippen molar-refractivity contribution < 1.29 is 31.7 Å². The molecule has 0 atom stereocenters. The van der Waals surface area contributed by atoms with Gasteiger partial charge in [0.15, 0.2) is 11.6 Å². The number of halogens is 4. The zero-order valence-electron chi connectivity index (χ0n) is 23.1. The van der Waals surface area contributed by atoms with E-state index in [9.17, 15) is 27.2 Å². The summed E-state index contributed by atoms with van der Waals surface area (Å²) in [7, 11) is 3.39. The van der Waals surface area contributed by atoms with Gasteiger partial charge in [0.25, 0.3) is 5.91 Å². The van der Waals surface area contributed by atoms with Crippen LogP contribution >= 0.6 is 0 Å². The van der Waals surface area contributed by atoms with E-state index in [0.29, 0.717) is 28.9 Å². The fourth-order valence-corrected chi connectivity index (χ4v) is 4.64. The van der Waals surface area contributed by atoms with Gasteiger partial charge >= 0.3 is 6.18 Å². The summed E-state index contributed by atoms with van der Waals surface area (Å²) in [5.74, 6) is -1.32. The van der Waals surface area contributed by atoms with Crippen LogP contribution in [0.1, 0.15) is 51.5 Å². The molecule has 2 amide bonds. The van der Waals surface area contributed by atoms with Crippen molar-refractivity contribution in [2.24, 2.45) is 0 Å². The number of rotatable bonds is 8. The van der Waals surface area contributed by atoms with E-state index < -0.39 is 23.3 Å². The molecule has 1 N–H and O–H groups in total. The highest BCUT2D eigenvalue weighted by molar-refractivity contribution is 5.94. The van der Waals surface area contributed by atoms with Gasteiger partial charge in [0, 0.05) is 50.1 Å². The van der Waals surface area contributed by atoms with Crippen LogP contribution < -0.4 is 5.32 Å². The zero-order valence-corrected chi connectivity index (χ0v) is 23.1. The number of benzene rings is 2. The first kappa shape index (κ1) is 28.9. The molecule has 1 saturated carbocycles. The van der Waals surface area contributed by atoms with Crippen molar-refractivity contribution in [1.82, 2.24) is 20.0 Å². The Hall–Kier alpha value is -4.61. The molecular weight excluding hydrogens is 554 g/mol. The number of carbonyl (C=O) groups is 2. The van der Waals surface area contributed by atoms with Gasteiger partial charge in [-0.2, -0.15) is 13.2 Å². The fourth-order valence-electron chi connectivity index (χ4n) is 4.64. The highest BCUT2D eigenvalue weighted by Gasteiger charge is 2.66. The highest BCUT2D eigenvalue weighted by atomic mass is 19.4. The minimum atomic E-state index is -4.47. The molecule has 2 aromatic carbocycles. The van der Waals surface area contributed by atoms with Gasteiger partial charge in [0.2, 0.25) is 5.91 Å². The van der Waals surface area contributed by atoms with Crippen LogP contribution in [0, 0.1) is 12.7 Å². The third kappa shape index (κ3) is 5.88. The second-order valence-electron chi connectivity index (χ2n) is 10.6. The van der Waals surface area contributed by atoms with Crippen LogP contribution in [0.2, 0.25) is 0 Å². The molecule has 0 aliphatic heterocycles. The smallest absolute Gasteiger partial charge is 0.358 e. The molecule has 0 unspecified atom stereocenters. The predicted molar refractivity (Wildman–Crippen MR) is 145 cm³/mol. The molecule has 0 radical (unpaired) electrons. The van der Waals surface area contributed by atoms with E-state index in [2.05, 4.69) is 20.4 Å². The molecule has 218 valence electrons. The second kappa shape index (κ2) is 11.0. The van der Waals surface area contributed by atoms with Crippen molar-refractivity contribution in [3.8, 4) is 11.1 Å². The maximum absolute atomic E-state index is 14.9. The van der Waals surface area contributed by atoms with Crippen LogP contribution in [0.25, 0.3) is 11.1 Å². The average Bonchev–Trinajstić information content (AvgIpc) is 3.64. The van der Waals surface area contributed by atoms with Crippen LogP contribution in [0.15, 0.2) is 59.4 Å². The highest BCUT2D eigenvalue weighted by Crippen LogP contribution is 2.59. The third-order valence-electron chi connectivity index (χ3n) is 7.33. The third-order valence-corrected chi connectivity index (χ3v) is 7.33. The number of aryl methyl sites for hydroxylation is 1. The van der Waals surface area contributed by atoms with E-state index in [0.717, 1.165) is 17.2 Å². The molecule has 42 heavy (non-hydrogen) atoms. The summed E-state index contributed by atoms with van der Waals surface area (Å²) in [5.41, 5.74) is 1.64. The lowest BCUT2D eigenvalue weighted by Gasteiger charge is -2.14. The molecule has 0 spiro atoms. The van der Waals surface area contributed by atoms with Gasteiger partial charge in [0.1, 0.15) is 17.1 Å². The lowest BCUT2D eigenvalue weighted by atomic mass is 10.0. The Morgan fingerprint density at radius 2 is 1.69 bits per heavy atom. The first-order valence-corrected chi connectivity index (χ1v) is 13.1. The molecule has 0 bridgehead atoms. The van der Waals surface area contributed by atoms with Crippen LogP contribution in [0.4, 0.5) is 23.4 Å². The Balaban J connectivity index is 1.21. The first-order valence-electron chi connectivity index (χ1n) is 13.1. The summed E-state index contributed by atoms with van der Waals surface area (Å²) in [6.45, 7) is 1.92. The van der Waals surface area contributed by atoms with Gasteiger partial charge in [-0.15, -0.1) is 0 Å². The molecule has 1 fully saturated rings. The van der Waals surface area contributed by atoms with Crippen molar-refractivity contribution in [2.45, 2.75) is 44.2 Å². The number of anilines is 1. The summed E-state index contributed by atoms with van der Waals surface area (Å²) in [6, 6.07) is 10.9. The van der Waals surface area contributed by atoms with E-state index in [1.165, 1.54) is 17.0 Å². The Bertz CT molecular complexity index is 1640. The van der Waals surface area contributed by atoms with E-state index in [1.54, 1.807) is 38.6 Å². The number of hydrogen-bond donors (Lipinski definition) is 1. The average molecular weight is 582 g/mol. The van der Waals surface area contributed by atoms with E-state index >= 15 is 0 Å². The van der Waals surface area contributed by atoms with Crippen LogP contribution in [-0.2, 0) is 23.1 Å². The Morgan fingerprint density at radius 3 is 2.29 bits per heavy atom. The van der Waals surface area contributed by atoms with E-state index in [-0.39, 0.29) is 42.3 Å². The number of alkyl halides is 3. The Kier molecular flexibility index (Phi) is 7.56. The van der Waals surface area contributed by atoms with Gasteiger partial charge in [0.05, 0.1) is 6.42 Å². The second-order valence-corrected chi connectivity index (χ2v) is 10.6. The summed E-state index contributed by atoms with van der Waals surface area (Å²) in [5, 5.41) is 5.88. The van der Waals surface area contributed by atoms with Gasteiger partial charge < -0.3 is 14.7 Å². The monoisotopic (exact) mass is 581 g/mol. The quantitative estimate of drug-likeness (QED) is 0.270. The molecule has 1 aliphatic carbocycles. The number of carbonyl (C=O) groups excluding carboxylic acids is 2. The molecular formula is C30H27F4N5O3. The van der Waals surface area contributed by atoms with E-state index in [1.807, 2.05) is 19.1 Å². The number of hydrogen-bond acceptors (Lipinski definition) is 6. The normalized spacial score (nSPS) is 14.0. The molecule has 0 saturated heterocycles. The number of nitrogens with zero attached hydrogens (tertiary/aromatic N) is 4. The lowest BCUT2D eigenvalue weighted by Crippen LogP contribution is -2.28. The summed E-state index contributed by atoms with van der Waals surface area (Å²) in [4.78, 5) is 34.9. The largest absolute Gasteiger partial charge is 0.401 e. The van der Waals surface area contributed by atoms with Gasteiger partial charge in [-0.1, -0.05) is 23.4 Å². The minimum Gasteiger partial charge on any atom is -0.358 e. The molecule has 8 nitrogen and oxygen atoms in total. The zero-order chi connectivity index (χ0) is 30.2. The summed E-state index contributed by atoms with van der Waals surface area (Å²) >= 11 is 0. The molecule has 1 aliphatic rings. The standard InChI is InChI=1S/C30H27F4N5O3/c1-17-10-21(28(41)39(2)3)7-4-18(17)12-25-35-15-22(16-36-25)19-5-6-20(23(31)11-19)13-27(40)37-26-14-24(42-38-26)29(8-9-29)30(32,33)34/h4-7,10-11,14-16H,8-9,12-13H2,1-3H3,(H,37,38,40). The molecule has 4 aromatic rings. The minimum absolute atomic E-state index is 0.0797. The molecule has 12 heteroatoms. The first-order chi connectivity index (χ1) is 19.9. The van der Waals surface area contributed by atoms with Crippen molar-refractivity contribution >= 4 is 17.6 Å². The SMILES string of the molecule is Cc1cc(C(=O)N(C)C)ccc1Cc1ncc(-c2ccc(CC(=O)Nc3cc(C4(C(F)(F)F)CC4)on3)c(F)c2)cn1. The number of amides is 2. The summed E-state index contributed by atoms with van der Waals surface area (Å²) < 4.78 is 59.6. The van der Waals surface area contributed by atoms with Crippen molar-refractivity contribution in [1.29, 1.82) is 0 Å². The van der Waals surface area contributed by atoms with Gasteiger partial charge in [-0.25, -0.2) is 14.4 Å².